The molecule has 3 heterocycles. The van der Waals surface area contributed by atoms with Crippen LogP contribution in [-0.4, -0.2) is 38.0 Å². The van der Waals surface area contributed by atoms with Crippen LogP contribution >= 0.6 is 11.6 Å². The maximum absolute atomic E-state index is 14.3. The van der Waals surface area contributed by atoms with Crippen molar-refractivity contribution in [3.63, 3.8) is 0 Å². The second-order valence-corrected chi connectivity index (χ2v) is 9.21. The molecular weight excluding hydrogens is 441 g/mol. The molecule has 5 rings (SSSR count). The Balaban J connectivity index is 1.73. The number of fused-ring (bicyclic) bond motifs is 4. The molecule has 0 saturated carbocycles. The van der Waals surface area contributed by atoms with Crippen molar-refractivity contribution in [1.29, 1.82) is 0 Å². The first-order valence-electron chi connectivity index (χ1n) is 10.7. The zero-order chi connectivity index (χ0) is 22.8. The Morgan fingerprint density at radius 2 is 1.91 bits per heavy atom. The fraction of sp³-hybridized carbons (Fsp3) is 0.435. The Labute approximate surface area is 188 Å². The Hall–Kier alpha value is -2.61. The summed E-state index contributed by atoms with van der Waals surface area (Å²) >= 11 is 6.49. The number of aryl methyl sites for hydroxylation is 1. The third kappa shape index (κ3) is 3.27. The van der Waals surface area contributed by atoms with Gasteiger partial charge in [-0.05, 0) is 44.1 Å². The van der Waals surface area contributed by atoms with E-state index in [4.69, 9.17) is 11.6 Å². The minimum absolute atomic E-state index is 0.0327. The minimum atomic E-state index is -4.68. The lowest BCUT2D eigenvalue weighted by molar-refractivity contribution is -0.143. The van der Waals surface area contributed by atoms with Gasteiger partial charge in [0.1, 0.15) is 5.02 Å². The lowest BCUT2D eigenvalue weighted by Crippen LogP contribution is -2.45. The van der Waals surface area contributed by atoms with E-state index < -0.39 is 17.8 Å². The SMILES string of the molecule is C[C@@H]1CC[C@H](C)N(C(=O)c2nn3c(C(F)(F)F)c4c(nc3c2Cl)-c2ccccc2CC4)C1. The average Bonchev–Trinajstić information content (AvgIpc) is 3.08. The van der Waals surface area contributed by atoms with Gasteiger partial charge in [0.25, 0.3) is 5.91 Å². The summed E-state index contributed by atoms with van der Waals surface area (Å²) in [7, 11) is 0. The standard InChI is InChI=1S/C23H22ClF3N4O/c1-12-7-8-13(2)30(11-12)22(32)19-17(24)21-28-18-15-6-4-3-5-14(15)9-10-16(18)20(23(25,26)27)31(21)29-19/h3-6,12-13H,7-11H2,1-2H3/t12-,13+/m1/s1. The van der Waals surface area contributed by atoms with Crippen LogP contribution in [0.3, 0.4) is 0 Å². The van der Waals surface area contributed by atoms with Gasteiger partial charge in [-0.15, -0.1) is 0 Å². The van der Waals surface area contributed by atoms with Crippen molar-refractivity contribution in [3.8, 4) is 11.3 Å². The van der Waals surface area contributed by atoms with Crippen molar-refractivity contribution in [1.82, 2.24) is 19.5 Å². The number of hydrogen-bond acceptors (Lipinski definition) is 3. The minimum Gasteiger partial charge on any atom is -0.334 e. The lowest BCUT2D eigenvalue weighted by atomic mass is 9.88. The molecule has 1 amide bonds. The second-order valence-electron chi connectivity index (χ2n) is 8.83. The van der Waals surface area contributed by atoms with Gasteiger partial charge in [-0.2, -0.15) is 18.3 Å². The lowest BCUT2D eigenvalue weighted by Gasteiger charge is -2.36. The molecule has 1 aliphatic heterocycles. The molecule has 1 aromatic carbocycles. The van der Waals surface area contributed by atoms with Gasteiger partial charge < -0.3 is 4.90 Å². The second kappa shape index (κ2) is 7.47. The Bertz CT molecular complexity index is 1240. The fourth-order valence-electron chi connectivity index (χ4n) is 4.88. The molecule has 1 saturated heterocycles. The summed E-state index contributed by atoms with van der Waals surface area (Å²) in [4.78, 5) is 19.5. The Morgan fingerprint density at radius 1 is 1.16 bits per heavy atom. The number of alkyl halides is 3. The smallest absolute Gasteiger partial charge is 0.334 e. The van der Waals surface area contributed by atoms with E-state index in [0.717, 1.165) is 22.9 Å². The van der Waals surface area contributed by atoms with Crippen molar-refractivity contribution >= 4 is 23.2 Å². The van der Waals surface area contributed by atoms with E-state index in [1.165, 1.54) is 0 Å². The molecule has 5 nitrogen and oxygen atoms in total. The summed E-state index contributed by atoms with van der Waals surface area (Å²) in [6, 6.07) is 7.26. The van der Waals surface area contributed by atoms with Crippen LogP contribution in [0.1, 0.15) is 54.0 Å². The van der Waals surface area contributed by atoms with E-state index in [0.29, 0.717) is 24.4 Å². The van der Waals surface area contributed by atoms with Crippen molar-refractivity contribution < 1.29 is 18.0 Å². The molecule has 2 aromatic heterocycles. The first-order valence-corrected chi connectivity index (χ1v) is 11.1. The number of carbonyl (C=O) groups is 1. The molecule has 168 valence electrons. The van der Waals surface area contributed by atoms with Gasteiger partial charge in [0.05, 0.1) is 5.69 Å². The van der Waals surface area contributed by atoms with Crippen LogP contribution in [0.5, 0.6) is 0 Å². The quantitative estimate of drug-likeness (QED) is 0.484. The topological polar surface area (TPSA) is 50.5 Å². The number of benzene rings is 1. The highest BCUT2D eigenvalue weighted by atomic mass is 35.5. The van der Waals surface area contributed by atoms with Crippen LogP contribution in [0, 0.1) is 5.92 Å². The molecule has 0 N–H and O–H groups in total. The Morgan fingerprint density at radius 3 is 2.66 bits per heavy atom. The predicted octanol–water partition coefficient (Wildman–Crippen LogP) is 5.43. The van der Waals surface area contributed by atoms with Crippen LogP contribution in [-0.2, 0) is 19.0 Å². The summed E-state index contributed by atoms with van der Waals surface area (Å²) in [5.41, 5.74) is 0.706. The average molecular weight is 463 g/mol. The summed E-state index contributed by atoms with van der Waals surface area (Å²) in [5.74, 6) is -0.148. The number of hydrogen-bond donors (Lipinski definition) is 0. The normalized spacial score (nSPS) is 20.9. The molecule has 0 spiro atoms. The highest BCUT2D eigenvalue weighted by molar-refractivity contribution is 6.36. The van der Waals surface area contributed by atoms with Crippen molar-refractivity contribution in [2.24, 2.45) is 5.92 Å². The van der Waals surface area contributed by atoms with E-state index in [9.17, 15) is 18.0 Å². The summed E-state index contributed by atoms with van der Waals surface area (Å²) in [6.45, 7) is 4.50. The zero-order valence-corrected chi connectivity index (χ0v) is 18.5. The third-order valence-electron chi connectivity index (χ3n) is 6.57. The number of likely N-dealkylation sites (tertiary alicyclic amines) is 1. The van der Waals surface area contributed by atoms with E-state index in [1.807, 2.05) is 26.0 Å². The first kappa shape index (κ1) is 21.2. The first-order chi connectivity index (χ1) is 15.2. The van der Waals surface area contributed by atoms with Crippen LogP contribution in [0.2, 0.25) is 5.02 Å². The highest BCUT2D eigenvalue weighted by Gasteiger charge is 2.41. The summed E-state index contributed by atoms with van der Waals surface area (Å²) < 4.78 is 43.5. The molecule has 0 unspecified atom stereocenters. The molecule has 9 heteroatoms. The largest absolute Gasteiger partial charge is 0.433 e. The molecule has 0 bridgehead atoms. The van der Waals surface area contributed by atoms with E-state index in [1.54, 1.807) is 17.0 Å². The Kier molecular flexibility index (Phi) is 4.96. The highest BCUT2D eigenvalue weighted by Crippen LogP contribution is 2.42. The van der Waals surface area contributed by atoms with Gasteiger partial charge in [-0.25, -0.2) is 9.50 Å². The van der Waals surface area contributed by atoms with Crippen LogP contribution in [0.4, 0.5) is 13.2 Å². The van der Waals surface area contributed by atoms with Crippen molar-refractivity contribution in [2.45, 2.75) is 51.7 Å². The van der Waals surface area contributed by atoms with Crippen molar-refractivity contribution in [3.05, 3.63) is 51.8 Å². The van der Waals surface area contributed by atoms with Gasteiger partial charge in [0, 0.05) is 23.7 Å². The number of nitrogens with zero attached hydrogens (tertiary/aromatic N) is 4. The predicted molar refractivity (Wildman–Crippen MR) is 115 cm³/mol. The number of carbonyl (C=O) groups excluding carboxylic acids is 1. The maximum atomic E-state index is 14.3. The summed E-state index contributed by atoms with van der Waals surface area (Å²) in [5, 5.41) is 3.95. The van der Waals surface area contributed by atoms with Gasteiger partial charge in [-0.1, -0.05) is 42.8 Å². The number of rotatable bonds is 1. The van der Waals surface area contributed by atoms with Crippen LogP contribution in [0.15, 0.2) is 24.3 Å². The van der Waals surface area contributed by atoms with Gasteiger partial charge in [-0.3, -0.25) is 4.79 Å². The number of aromatic nitrogens is 3. The van der Waals surface area contributed by atoms with Crippen molar-refractivity contribution in [2.75, 3.05) is 6.54 Å². The number of halogens is 4. The molecule has 1 aliphatic carbocycles. The van der Waals surface area contributed by atoms with Crippen LogP contribution in [0.25, 0.3) is 16.9 Å². The zero-order valence-electron chi connectivity index (χ0n) is 17.7. The molecule has 0 radical (unpaired) electrons. The van der Waals surface area contributed by atoms with E-state index >= 15 is 0 Å². The molecule has 2 aliphatic rings. The number of piperidine rings is 1. The summed E-state index contributed by atoms with van der Waals surface area (Å²) in [6.07, 6.45) is -2.19. The number of amides is 1. The van der Waals surface area contributed by atoms with Gasteiger partial charge in [0.15, 0.2) is 17.0 Å². The molecular formula is C23H22ClF3N4O. The van der Waals surface area contributed by atoms with Gasteiger partial charge >= 0.3 is 6.18 Å². The molecule has 1 fully saturated rings. The maximum Gasteiger partial charge on any atom is 0.433 e. The molecule has 2 atom stereocenters. The van der Waals surface area contributed by atoms with Gasteiger partial charge in [0.2, 0.25) is 0 Å². The van der Waals surface area contributed by atoms with Crippen LogP contribution < -0.4 is 0 Å². The monoisotopic (exact) mass is 462 g/mol. The van der Waals surface area contributed by atoms with E-state index in [2.05, 4.69) is 10.1 Å². The third-order valence-corrected chi connectivity index (χ3v) is 6.92. The molecule has 3 aromatic rings. The van der Waals surface area contributed by atoms with E-state index in [-0.39, 0.29) is 40.1 Å². The molecule has 32 heavy (non-hydrogen) atoms. The fourth-order valence-corrected chi connectivity index (χ4v) is 5.12.